The van der Waals surface area contributed by atoms with E-state index in [2.05, 4.69) is 15.3 Å². The first-order valence-electron chi connectivity index (χ1n) is 8.62. The van der Waals surface area contributed by atoms with Gasteiger partial charge >= 0.3 is 0 Å². The highest BCUT2D eigenvalue weighted by atomic mass is 32.1. The van der Waals surface area contributed by atoms with Crippen LogP contribution in [0.3, 0.4) is 0 Å². The number of nitrogens with one attached hydrogen (secondary N) is 1. The lowest BCUT2D eigenvalue weighted by Crippen LogP contribution is -2.51. The Bertz CT molecular complexity index is 928. The first-order valence-corrected chi connectivity index (χ1v) is 9.50. The minimum absolute atomic E-state index is 0.0406. The number of aryl methyl sites for hydroxylation is 1. The smallest absolute Gasteiger partial charge is 0.253 e. The fraction of sp³-hybridized carbons (Fsp3) is 0.316. The summed E-state index contributed by atoms with van der Waals surface area (Å²) in [5.74, 6) is 1.41. The third-order valence-corrected chi connectivity index (χ3v) is 5.46. The van der Waals surface area contributed by atoms with Crippen molar-refractivity contribution in [1.29, 1.82) is 0 Å². The summed E-state index contributed by atoms with van der Waals surface area (Å²) >= 11 is 1.57. The van der Waals surface area contributed by atoms with Gasteiger partial charge in [0.05, 0.1) is 17.5 Å². The number of carbonyl (C=O) groups is 1. The minimum atomic E-state index is -0.652. The van der Waals surface area contributed by atoms with Gasteiger partial charge in [-0.1, -0.05) is 18.2 Å². The lowest BCUT2D eigenvalue weighted by Gasteiger charge is -2.36. The quantitative estimate of drug-likeness (QED) is 0.743. The highest BCUT2D eigenvalue weighted by molar-refractivity contribution is 7.16. The zero-order valence-corrected chi connectivity index (χ0v) is 15.2. The van der Waals surface area contributed by atoms with Crippen molar-refractivity contribution in [3.05, 3.63) is 53.2 Å². The predicted molar refractivity (Wildman–Crippen MR) is 103 cm³/mol. The van der Waals surface area contributed by atoms with Gasteiger partial charge in [-0.3, -0.25) is 4.79 Å². The van der Waals surface area contributed by atoms with Crippen LogP contribution in [0.2, 0.25) is 0 Å². The molecule has 1 amide bonds. The Hall–Kier alpha value is -2.51. The van der Waals surface area contributed by atoms with Gasteiger partial charge in [-0.2, -0.15) is 0 Å². The van der Waals surface area contributed by atoms with E-state index in [9.17, 15) is 9.90 Å². The van der Waals surface area contributed by atoms with Crippen LogP contribution in [0, 0.1) is 6.92 Å². The van der Waals surface area contributed by atoms with Gasteiger partial charge in [0.15, 0.2) is 0 Å². The number of rotatable bonds is 3. The minimum Gasteiger partial charge on any atom is -0.389 e. The van der Waals surface area contributed by atoms with Crippen molar-refractivity contribution in [2.45, 2.75) is 25.5 Å². The number of thiophene rings is 1. The van der Waals surface area contributed by atoms with Crippen LogP contribution < -0.4 is 5.32 Å². The van der Waals surface area contributed by atoms with Crippen molar-refractivity contribution in [3.63, 3.8) is 0 Å². The van der Waals surface area contributed by atoms with E-state index in [1.165, 1.54) is 0 Å². The largest absolute Gasteiger partial charge is 0.389 e. The molecule has 2 N–H and O–H groups in total. The Morgan fingerprint density at radius 3 is 2.85 bits per heavy atom. The van der Waals surface area contributed by atoms with Gasteiger partial charge in [-0.25, -0.2) is 9.97 Å². The van der Waals surface area contributed by atoms with Crippen LogP contribution in [0.25, 0.3) is 10.2 Å². The van der Waals surface area contributed by atoms with Crippen molar-refractivity contribution in [1.82, 2.24) is 14.9 Å². The highest BCUT2D eigenvalue weighted by Gasteiger charge is 2.31. The number of hydrogen-bond acceptors (Lipinski definition) is 6. The molecule has 1 aromatic carbocycles. The maximum atomic E-state index is 12.6. The highest BCUT2D eigenvalue weighted by Crippen LogP contribution is 2.27. The molecule has 1 aliphatic rings. The third kappa shape index (κ3) is 3.27. The summed E-state index contributed by atoms with van der Waals surface area (Å²) in [4.78, 5) is 24.1. The van der Waals surface area contributed by atoms with Crippen LogP contribution in [0.4, 0.5) is 5.82 Å². The molecule has 0 radical (unpaired) electrons. The van der Waals surface area contributed by atoms with E-state index >= 15 is 0 Å². The molecule has 6 nitrogen and oxygen atoms in total. The number of benzene rings is 1. The summed E-state index contributed by atoms with van der Waals surface area (Å²) in [6.45, 7) is 2.77. The number of amides is 1. The molecule has 134 valence electrons. The molecule has 0 bridgehead atoms. The second-order valence-corrected chi connectivity index (χ2v) is 7.38. The molecule has 3 aromatic rings. The van der Waals surface area contributed by atoms with Gasteiger partial charge in [0.1, 0.15) is 16.5 Å². The van der Waals surface area contributed by atoms with Crippen LogP contribution in [-0.4, -0.2) is 51.1 Å². The number of β-amino-alcohol motifs (C(OH)–C–C–N with tert-alkyl or cyclic N) is 1. The number of aliphatic hydroxyl groups is 1. The first-order chi connectivity index (χ1) is 12.6. The van der Waals surface area contributed by atoms with Gasteiger partial charge in [0.25, 0.3) is 5.91 Å². The first kappa shape index (κ1) is 16.9. The van der Waals surface area contributed by atoms with Gasteiger partial charge in [0, 0.05) is 18.7 Å². The second-order valence-electron chi connectivity index (χ2n) is 6.48. The maximum absolute atomic E-state index is 12.6. The van der Waals surface area contributed by atoms with Crippen molar-refractivity contribution in [2.75, 3.05) is 18.4 Å². The molecule has 3 heterocycles. The second kappa shape index (κ2) is 7.01. The lowest BCUT2D eigenvalue weighted by molar-refractivity contribution is 0.0426. The number of piperidine rings is 1. The normalized spacial score (nSPS) is 20.3. The molecule has 1 saturated heterocycles. The lowest BCUT2D eigenvalue weighted by atomic mass is 10.0. The van der Waals surface area contributed by atoms with E-state index in [0.717, 1.165) is 16.0 Å². The predicted octanol–water partition coefficient (Wildman–Crippen LogP) is 2.69. The van der Waals surface area contributed by atoms with E-state index in [1.54, 1.807) is 28.4 Å². The Kier molecular flexibility index (Phi) is 4.57. The monoisotopic (exact) mass is 368 g/mol. The van der Waals surface area contributed by atoms with Crippen LogP contribution in [0.1, 0.15) is 22.6 Å². The van der Waals surface area contributed by atoms with Crippen molar-refractivity contribution in [2.24, 2.45) is 0 Å². The zero-order chi connectivity index (χ0) is 18.1. The summed E-state index contributed by atoms with van der Waals surface area (Å²) in [5.41, 5.74) is 0.650. The molecular formula is C19H20N4O2S. The van der Waals surface area contributed by atoms with Crippen molar-refractivity contribution >= 4 is 33.3 Å². The molecule has 2 aromatic heterocycles. The molecular weight excluding hydrogens is 348 g/mol. The van der Waals surface area contributed by atoms with Gasteiger partial charge in [-0.15, -0.1) is 11.3 Å². The molecule has 0 saturated carbocycles. The number of nitrogens with zero attached hydrogens (tertiary/aromatic N) is 3. The standard InChI is InChI=1S/C19H20N4O2S/c1-12-20-17(14-8-10-26-18(14)21-12)22-15-7-9-23(11-16(15)24)19(25)13-5-3-2-4-6-13/h2-6,8,10,15-16,24H,7,9,11H2,1H3,(H,20,21,22)/t15-,16-/m1/s1. The molecule has 1 fully saturated rings. The van der Waals surface area contributed by atoms with E-state index in [0.29, 0.717) is 30.9 Å². The van der Waals surface area contributed by atoms with E-state index in [-0.39, 0.29) is 11.9 Å². The summed E-state index contributed by atoms with van der Waals surface area (Å²) in [6.07, 6.45) is 0.00870. The Balaban J connectivity index is 1.47. The number of carbonyl (C=O) groups excluding carboxylic acids is 1. The van der Waals surface area contributed by atoms with Crippen LogP contribution in [0.5, 0.6) is 0 Å². The molecule has 0 aliphatic carbocycles. The van der Waals surface area contributed by atoms with Crippen molar-refractivity contribution in [3.8, 4) is 0 Å². The summed E-state index contributed by atoms with van der Waals surface area (Å²) in [6, 6.07) is 11.0. The van der Waals surface area contributed by atoms with E-state index in [1.807, 2.05) is 36.6 Å². The number of fused-ring (bicyclic) bond motifs is 1. The van der Waals surface area contributed by atoms with Gasteiger partial charge in [0.2, 0.25) is 0 Å². The Morgan fingerprint density at radius 2 is 2.08 bits per heavy atom. The molecule has 0 unspecified atom stereocenters. The molecule has 2 atom stereocenters. The van der Waals surface area contributed by atoms with Crippen LogP contribution in [-0.2, 0) is 0 Å². The van der Waals surface area contributed by atoms with Gasteiger partial charge < -0.3 is 15.3 Å². The van der Waals surface area contributed by atoms with Crippen LogP contribution in [0.15, 0.2) is 41.8 Å². The molecule has 7 heteroatoms. The molecule has 0 spiro atoms. The fourth-order valence-corrected chi connectivity index (χ4v) is 4.10. The average Bonchev–Trinajstić information content (AvgIpc) is 3.12. The summed E-state index contributed by atoms with van der Waals surface area (Å²) < 4.78 is 0. The molecule has 1 aliphatic heterocycles. The fourth-order valence-electron chi connectivity index (χ4n) is 3.30. The third-order valence-electron chi connectivity index (χ3n) is 4.65. The van der Waals surface area contributed by atoms with E-state index < -0.39 is 6.10 Å². The van der Waals surface area contributed by atoms with Crippen molar-refractivity contribution < 1.29 is 9.90 Å². The number of anilines is 1. The van der Waals surface area contributed by atoms with Crippen LogP contribution >= 0.6 is 11.3 Å². The zero-order valence-electron chi connectivity index (χ0n) is 14.4. The molecule has 26 heavy (non-hydrogen) atoms. The SMILES string of the molecule is Cc1nc(N[C@@H]2CCN(C(=O)c3ccccc3)C[C@H]2O)c2ccsc2n1. The summed E-state index contributed by atoms with van der Waals surface area (Å²) in [5, 5.41) is 16.9. The Morgan fingerprint density at radius 1 is 1.27 bits per heavy atom. The average molecular weight is 368 g/mol. The topological polar surface area (TPSA) is 78.4 Å². The number of likely N-dealkylation sites (tertiary alicyclic amines) is 1. The molecule has 4 rings (SSSR count). The Labute approximate surface area is 155 Å². The van der Waals surface area contributed by atoms with Gasteiger partial charge in [-0.05, 0) is 36.9 Å². The van der Waals surface area contributed by atoms with E-state index in [4.69, 9.17) is 0 Å². The maximum Gasteiger partial charge on any atom is 0.253 e. The summed E-state index contributed by atoms with van der Waals surface area (Å²) in [7, 11) is 0. The number of hydrogen-bond donors (Lipinski definition) is 2. The number of aliphatic hydroxyl groups excluding tert-OH is 1. The number of aromatic nitrogens is 2.